The molecule has 0 N–H and O–H groups in total. The molecule has 17 heavy (non-hydrogen) atoms. The van der Waals surface area contributed by atoms with E-state index in [0.29, 0.717) is 0 Å². The molecule has 0 aliphatic heterocycles. The summed E-state index contributed by atoms with van der Waals surface area (Å²) < 4.78 is 0. The number of aromatic nitrogens is 1. The van der Waals surface area contributed by atoms with Crippen molar-refractivity contribution >= 4 is 0 Å². The van der Waals surface area contributed by atoms with Crippen molar-refractivity contribution in [2.75, 3.05) is 0 Å². The highest BCUT2D eigenvalue weighted by Crippen LogP contribution is 2.16. The third-order valence-electron chi connectivity index (χ3n) is 2.32. The van der Waals surface area contributed by atoms with Gasteiger partial charge in [0, 0.05) is 11.8 Å². The predicted octanol–water partition coefficient (Wildman–Crippen LogP) is 4.73. The maximum atomic E-state index is 4.30. The molecule has 0 saturated carbocycles. The number of benzene rings is 1. The van der Waals surface area contributed by atoms with E-state index in [4.69, 9.17) is 0 Å². The lowest BCUT2D eigenvalue weighted by atomic mass is 10.1. The third kappa shape index (κ3) is 4.39. The van der Waals surface area contributed by atoms with E-state index >= 15 is 0 Å². The Hall–Kier alpha value is -1.63. The summed E-state index contributed by atoms with van der Waals surface area (Å²) in [6.07, 6.45) is 4.16. The molecule has 1 aromatic carbocycles. The first-order valence-corrected chi connectivity index (χ1v) is 6.32. The van der Waals surface area contributed by atoms with Crippen LogP contribution in [0.3, 0.4) is 0 Å². The van der Waals surface area contributed by atoms with Crippen molar-refractivity contribution in [3.8, 4) is 11.3 Å². The van der Waals surface area contributed by atoms with Crippen molar-refractivity contribution in [1.29, 1.82) is 0 Å². The Morgan fingerprint density at radius 2 is 1.53 bits per heavy atom. The molecule has 0 aliphatic rings. The Morgan fingerprint density at radius 1 is 0.882 bits per heavy atom. The topological polar surface area (TPSA) is 12.9 Å². The molecule has 90 valence electrons. The van der Waals surface area contributed by atoms with Crippen LogP contribution in [0.4, 0.5) is 0 Å². The highest BCUT2D eigenvalue weighted by Gasteiger charge is 1.96. The Bertz CT molecular complexity index is 403. The van der Waals surface area contributed by atoms with E-state index in [0.717, 1.165) is 12.1 Å². The van der Waals surface area contributed by atoms with E-state index in [1.165, 1.54) is 17.5 Å². The smallest absolute Gasteiger partial charge is 0.0701 e. The van der Waals surface area contributed by atoms with E-state index < -0.39 is 0 Å². The molecule has 0 saturated heterocycles. The Morgan fingerprint density at radius 3 is 2.00 bits per heavy atom. The summed E-state index contributed by atoms with van der Waals surface area (Å²) in [6, 6.07) is 14.5. The number of rotatable bonds is 2. The van der Waals surface area contributed by atoms with Crippen molar-refractivity contribution in [1.82, 2.24) is 4.98 Å². The molecule has 0 aliphatic carbocycles. The number of hydrogen-bond acceptors (Lipinski definition) is 1. The molecule has 0 atom stereocenters. The Kier molecular flexibility index (Phi) is 6.02. The molecule has 2 rings (SSSR count). The normalized spacial score (nSPS) is 9.35. The van der Waals surface area contributed by atoms with Crippen molar-refractivity contribution in [2.45, 2.75) is 33.6 Å². The molecule has 1 aromatic heterocycles. The second-order valence-corrected chi connectivity index (χ2v) is 3.97. The summed E-state index contributed by atoms with van der Waals surface area (Å²) in [4.78, 5) is 4.30. The number of aryl methyl sites for hydroxylation is 1. The zero-order valence-corrected chi connectivity index (χ0v) is 11.0. The highest BCUT2D eigenvalue weighted by atomic mass is 14.7. The van der Waals surface area contributed by atoms with E-state index in [1.54, 1.807) is 0 Å². The molecule has 0 radical (unpaired) electrons. The molecule has 1 heteroatoms. The van der Waals surface area contributed by atoms with Gasteiger partial charge in [-0.3, -0.25) is 4.98 Å². The number of hydrogen-bond donors (Lipinski definition) is 0. The van der Waals surface area contributed by atoms with Gasteiger partial charge >= 0.3 is 0 Å². The molecule has 0 spiro atoms. The minimum Gasteiger partial charge on any atom is -0.256 e. The van der Waals surface area contributed by atoms with Gasteiger partial charge in [0.1, 0.15) is 0 Å². The molecule has 0 amide bonds. The van der Waals surface area contributed by atoms with Gasteiger partial charge in [0.25, 0.3) is 0 Å². The van der Waals surface area contributed by atoms with Crippen LogP contribution < -0.4 is 0 Å². The summed E-state index contributed by atoms with van der Waals surface area (Å²) in [5.41, 5.74) is 3.59. The van der Waals surface area contributed by atoms with Gasteiger partial charge in [-0.25, -0.2) is 0 Å². The van der Waals surface area contributed by atoms with Crippen molar-refractivity contribution in [3.05, 3.63) is 54.2 Å². The lowest BCUT2D eigenvalue weighted by molar-refractivity contribution is 1.09. The van der Waals surface area contributed by atoms with Gasteiger partial charge in [-0.05, 0) is 24.1 Å². The zero-order chi connectivity index (χ0) is 12.5. The number of nitrogens with zero attached hydrogens (tertiary/aromatic N) is 1. The summed E-state index contributed by atoms with van der Waals surface area (Å²) in [6.45, 7) is 6.41. The lowest BCUT2D eigenvalue weighted by Crippen LogP contribution is -1.83. The third-order valence-corrected chi connectivity index (χ3v) is 2.32. The van der Waals surface area contributed by atoms with E-state index in [9.17, 15) is 0 Å². The lowest BCUT2D eigenvalue weighted by Gasteiger charge is -2.01. The van der Waals surface area contributed by atoms with Gasteiger partial charge < -0.3 is 0 Å². The van der Waals surface area contributed by atoms with Crippen LogP contribution in [0.5, 0.6) is 0 Å². The standard InChI is InChI=1S/C13H13N.C3H8/c1-2-11-6-8-12(9-7-11)13-5-3-4-10-14-13;1-3-2/h3-10H,2H2,1H3;3H2,1-2H3. The average molecular weight is 227 g/mol. The van der Waals surface area contributed by atoms with Gasteiger partial charge in [-0.15, -0.1) is 0 Å². The maximum absolute atomic E-state index is 4.30. The van der Waals surface area contributed by atoms with Crippen LogP contribution >= 0.6 is 0 Å². The monoisotopic (exact) mass is 227 g/mol. The summed E-state index contributed by atoms with van der Waals surface area (Å²) in [5.74, 6) is 0. The first-order chi connectivity index (χ1) is 8.31. The van der Waals surface area contributed by atoms with Gasteiger partial charge in [-0.2, -0.15) is 0 Å². The minimum atomic E-state index is 1.04. The van der Waals surface area contributed by atoms with Gasteiger partial charge in [0.2, 0.25) is 0 Å². The van der Waals surface area contributed by atoms with E-state index in [1.807, 2.05) is 24.4 Å². The van der Waals surface area contributed by atoms with E-state index in [-0.39, 0.29) is 0 Å². The molecular weight excluding hydrogens is 206 g/mol. The zero-order valence-electron chi connectivity index (χ0n) is 11.0. The van der Waals surface area contributed by atoms with Crippen LogP contribution in [-0.2, 0) is 6.42 Å². The first-order valence-electron chi connectivity index (χ1n) is 6.32. The minimum absolute atomic E-state index is 1.04. The highest BCUT2D eigenvalue weighted by molar-refractivity contribution is 5.58. The first kappa shape index (κ1) is 13.4. The number of pyridine rings is 1. The summed E-state index contributed by atoms with van der Waals surface area (Å²) in [5, 5.41) is 0. The van der Waals surface area contributed by atoms with Crippen molar-refractivity contribution < 1.29 is 0 Å². The van der Waals surface area contributed by atoms with Crippen LogP contribution in [0.1, 0.15) is 32.8 Å². The molecule has 0 bridgehead atoms. The summed E-state index contributed by atoms with van der Waals surface area (Å²) in [7, 11) is 0. The molecule has 0 fully saturated rings. The van der Waals surface area contributed by atoms with Crippen LogP contribution in [0.25, 0.3) is 11.3 Å². The molecule has 2 aromatic rings. The average Bonchev–Trinajstić information content (AvgIpc) is 2.41. The van der Waals surface area contributed by atoms with Crippen LogP contribution in [0.15, 0.2) is 48.7 Å². The predicted molar refractivity (Wildman–Crippen MR) is 75.0 cm³/mol. The molecular formula is C16H21N. The van der Waals surface area contributed by atoms with Crippen molar-refractivity contribution in [3.63, 3.8) is 0 Å². The fourth-order valence-electron chi connectivity index (χ4n) is 1.44. The van der Waals surface area contributed by atoms with Crippen LogP contribution in [0.2, 0.25) is 0 Å². The fraction of sp³-hybridized carbons (Fsp3) is 0.312. The molecule has 1 nitrogen and oxygen atoms in total. The molecule has 1 heterocycles. The van der Waals surface area contributed by atoms with Crippen LogP contribution in [-0.4, -0.2) is 4.98 Å². The second-order valence-electron chi connectivity index (χ2n) is 3.97. The Labute approximate surface area is 105 Å². The Balaban J connectivity index is 0.000000437. The van der Waals surface area contributed by atoms with Crippen LogP contribution in [0, 0.1) is 0 Å². The maximum Gasteiger partial charge on any atom is 0.0701 e. The summed E-state index contributed by atoms with van der Waals surface area (Å²) >= 11 is 0. The fourth-order valence-corrected chi connectivity index (χ4v) is 1.44. The second kappa shape index (κ2) is 7.61. The molecule has 0 unspecified atom stereocenters. The quantitative estimate of drug-likeness (QED) is 0.723. The van der Waals surface area contributed by atoms with Crippen molar-refractivity contribution in [2.24, 2.45) is 0 Å². The largest absolute Gasteiger partial charge is 0.256 e. The van der Waals surface area contributed by atoms with E-state index in [2.05, 4.69) is 50.0 Å². The van der Waals surface area contributed by atoms with Gasteiger partial charge in [-0.1, -0.05) is 57.5 Å². The SMILES string of the molecule is CCC.CCc1ccc(-c2ccccn2)cc1. The van der Waals surface area contributed by atoms with Gasteiger partial charge in [0.05, 0.1) is 5.69 Å². The van der Waals surface area contributed by atoms with Gasteiger partial charge in [0.15, 0.2) is 0 Å².